The van der Waals surface area contributed by atoms with Crippen LogP contribution in [0.1, 0.15) is 23.2 Å². The Morgan fingerprint density at radius 2 is 2.30 bits per heavy atom. The molecular formula is C14H15ClN4O. The molecule has 0 spiro atoms. The Labute approximate surface area is 122 Å². The standard InChI is InChI=1S/C14H15ClN4O/c15-12-8-16-6-2-11(12)13(20)17-9-14(3-4-14)10-19-7-1-5-18-19/h1-2,5-8H,3-4,9-10H2,(H,17,20). The highest BCUT2D eigenvalue weighted by molar-refractivity contribution is 6.33. The lowest BCUT2D eigenvalue weighted by Crippen LogP contribution is -2.32. The van der Waals surface area contributed by atoms with Crippen molar-refractivity contribution in [2.75, 3.05) is 6.54 Å². The van der Waals surface area contributed by atoms with Crippen LogP contribution in [0, 0.1) is 5.41 Å². The zero-order valence-electron chi connectivity index (χ0n) is 10.9. The minimum Gasteiger partial charge on any atom is -0.351 e. The first-order valence-electron chi connectivity index (χ1n) is 6.54. The Morgan fingerprint density at radius 1 is 1.45 bits per heavy atom. The SMILES string of the molecule is O=C(NCC1(Cn2cccn2)CC1)c1ccncc1Cl. The number of hydrogen-bond donors (Lipinski definition) is 1. The van der Waals surface area contributed by atoms with Crippen molar-refractivity contribution in [1.29, 1.82) is 0 Å². The maximum absolute atomic E-state index is 12.1. The van der Waals surface area contributed by atoms with Crippen molar-refractivity contribution in [3.8, 4) is 0 Å². The Balaban J connectivity index is 1.60. The molecule has 1 aliphatic carbocycles. The summed E-state index contributed by atoms with van der Waals surface area (Å²) in [6.07, 6.45) is 8.98. The molecule has 104 valence electrons. The molecular weight excluding hydrogens is 276 g/mol. The van der Waals surface area contributed by atoms with E-state index in [-0.39, 0.29) is 11.3 Å². The molecule has 3 rings (SSSR count). The summed E-state index contributed by atoms with van der Waals surface area (Å²) in [6, 6.07) is 3.54. The number of carbonyl (C=O) groups is 1. The molecule has 0 aromatic carbocycles. The molecule has 0 unspecified atom stereocenters. The highest BCUT2D eigenvalue weighted by Crippen LogP contribution is 2.46. The smallest absolute Gasteiger partial charge is 0.252 e. The maximum Gasteiger partial charge on any atom is 0.252 e. The molecule has 2 heterocycles. The lowest BCUT2D eigenvalue weighted by molar-refractivity contribution is 0.0942. The summed E-state index contributed by atoms with van der Waals surface area (Å²) >= 11 is 5.96. The third kappa shape index (κ3) is 2.82. The number of halogens is 1. The van der Waals surface area contributed by atoms with E-state index in [1.807, 2.05) is 16.9 Å². The fourth-order valence-corrected chi connectivity index (χ4v) is 2.43. The van der Waals surface area contributed by atoms with Crippen LogP contribution < -0.4 is 5.32 Å². The van der Waals surface area contributed by atoms with Gasteiger partial charge in [-0.15, -0.1) is 0 Å². The summed E-state index contributed by atoms with van der Waals surface area (Å²) in [5, 5.41) is 7.55. The van der Waals surface area contributed by atoms with Crippen molar-refractivity contribution >= 4 is 17.5 Å². The molecule has 2 aromatic rings. The average molecular weight is 291 g/mol. The molecule has 5 nitrogen and oxygen atoms in total. The van der Waals surface area contributed by atoms with Gasteiger partial charge >= 0.3 is 0 Å². The number of nitrogens with one attached hydrogen (secondary N) is 1. The molecule has 20 heavy (non-hydrogen) atoms. The number of pyridine rings is 1. The van der Waals surface area contributed by atoms with E-state index in [1.165, 1.54) is 6.20 Å². The van der Waals surface area contributed by atoms with Crippen molar-refractivity contribution < 1.29 is 4.79 Å². The molecule has 0 radical (unpaired) electrons. The van der Waals surface area contributed by atoms with Crippen molar-refractivity contribution in [3.05, 3.63) is 47.5 Å². The predicted octanol–water partition coefficient (Wildman–Crippen LogP) is 2.14. The lowest BCUT2D eigenvalue weighted by Gasteiger charge is -2.16. The van der Waals surface area contributed by atoms with Gasteiger partial charge in [-0.1, -0.05) is 11.6 Å². The van der Waals surface area contributed by atoms with Gasteiger partial charge in [-0.2, -0.15) is 5.10 Å². The number of nitrogens with zero attached hydrogens (tertiary/aromatic N) is 3. The van der Waals surface area contributed by atoms with Crippen LogP contribution >= 0.6 is 11.6 Å². The van der Waals surface area contributed by atoms with Crippen LogP contribution in [0.2, 0.25) is 5.02 Å². The van der Waals surface area contributed by atoms with E-state index in [2.05, 4.69) is 15.4 Å². The van der Waals surface area contributed by atoms with E-state index in [1.54, 1.807) is 18.5 Å². The molecule has 0 saturated heterocycles. The molecule has 0 aliphatic heterocycles. The van der Waals surface area contributed by atoms with Crippen LogP contribution in [0.25, 0.3) is 0 Å². The first-order valence-corrected chi connectivity index (χ1v) is 6.92. The molecule has 0 atom stereocenters. The predicted molar refractivity (Wildman–Crippen MR) is 75.5 cm³/mol. The van der Waals surface area contributed by atoms with Crippen molar-refractivity contribution in [1.82, 2.24) is 20.1 Å². The van der Waals surface area contributed by atoms with Gasteiger partial charge in [0, 0.05) is 43.3 Å². The van der Waals surface area contributed by atoms with Crippen molar-refractivity contribution in [2.45, 2.75) is 19.4 Å². The molecule has 1 aliphatic rings. The fourth-order valence-electron chi connectivity index (χ4n) is 2.23. The number of hydrogen-bond acceptors (Lipinski definition) is 3. The number of aromatic nitrogens is 3. The topological polar surface area (TPSA) is 59.8 Å². The average Bonchev–Trinajstić information content (AvgIpc) is 3.01. The second-order valence-electron chi connectivity index (χ2n) is 5.24. The number of rotatable bonds is 5. The van der Waals surface area contributed by atoms with E-state index in [0.29, 0.717) is 17.1 Å². The second kappa shape index (κ2) is 5.25. The fraction of sp³-hybridized carbons (Fsp3) is 0.357. The summed E-state index contributed by atoms with van der Waals surface area (Å²) in [6.45, 7) is 1.48. The van der Waals surface area contributed by atoms with Gasteiger partial charge in [0.25, 0.3) is 5.91 Å². The van der Waals surface area contributed by atoms with Gasteiger partial charge in [0.15, 0.2) is 0 Å². The molecule has 1 fully saturated rings. The first kappa shape index (κ1) is 13.1. The first-order chi connectivity index (χ1) is 9.69. The van der Waals surface area contributed by atoms with Gasteiger partial charge in [-0.3, -0.25) is 14.5 Å². The van der Waals surface area contributed by atoms with Gasteiger partial charge in [-0.05, 0) is 25.0 Å². The minimum absolute atomic E-state index is 0.140. The molecule has 1 N–H and O–H groups in total. The quantitative estimate of drug-likeness (QED) is 0.918. The van der Waals surface area contributed by atoms with Gasteiger partial charge in [0.05, 0.1) is 10.6 Å². The molecule has 2 aromatic heterocycles. The highest BCUT2D eigenvalue weighted by atomic mass is 35.5. The highest BCUT2D eigenvalue weighted by Gasteiger charge is 2.43. The normalized spacial score (nSPS) is 15.8. The van der Waals surface area contributed by atoms with E-state index in [0.717, 1.165) is 19.4 Å². The lowest BCUT2D eigenvalue weighted by atomic mass is 10.1. The Hall–Kier alpha value is -1.88. The summed E-state index contributed by atoms with van der Waals surface area (Å²) < 4.78 is 1.92. The van der Waals surface area contributed by atoms with Crippen molar-refractivity contribution in [2.24, 2.45) is 5.41 Å². The number of amides is 1. The Morgan fingerprint density at radius 3 is 2.95 bits per heavy atom. The molecule has 1 saturated carbocycles. The van der Waals surface area contributed by atoms with Crippen LogP contribution in [0.15, 0.2) is 36.9 Å². The Bertz CT molecular complexity index is 607. The van der Waals surface area contributed by atoms with Gasteiger partial charge < -0.3 is 5.32 Å². The molecule has 1 amide bonds. The minimum atomic E-state index is -0.149. The zero-order valence-corrected chi connectivity index (χ0v) is 11.7. The van der Waals surface area contributed by atoms with Gasteiger partial charge in [-0.25, -0.2) is 0 Å². The second-order valence-corrected chi connectivity index (χ2v) is 5.65. The van der Waals surface area contributed by atoms with Gasteiger partial charge in [0.1, 0.15) is 0 Å². The van der Waals surface area contributed by atoms with Crippen LogP contribution in [0.5, 0.6) is 0 Å². The summed E-state index contributed by atoms with van der Waals surface area (Å²) in [7, 11) is 0. The van der Waals surface area contributed by atoms with Crippen LogP contribution in [0.4, 0.5) is 0 Å². The molecule has 6 heteroatoms. The summed E-state index contributed by atoms with van der Waals surface area (Å²) in [5.74, 6) is -0.149. The van der Waals surface area contributed by atoms with Crippen LogP contribution in [-0.4, -0.2) is 27.2 Å². The largest absolute Gasteiger partial charge is 0.351 e. The zero-order chi connectivity index (χ0) is 14.0. The number of carbonyl (C=O) groups excluding carboxylic acids is 1. The van der Waals surface area contributed by atoms with Gasteiger partial charge in [0.2, 0.25) is 0 Å². The van der Waals surface area contributed by atoms with E-state index in [4.69, 9.17) is 11.6 Å². The monoisotopic (exact) mass is 290 g/mol. The van der Waals surface area contributed by atoms with E-state index in [9.17, 15) is 4.79 Å². The Kier molecular flexibility index (Phi) is 3.44. The van der Waals surface area contributed by atoms with E-state index < -0.39 is 0 Å². The third-order valence-corrected chi connectivity index (χ3v) is 3.96. The maximum atomic E-state index is 12.1. The summed E-state index contributed by atoms with van der Waals surface area (Å²) in [4.78, 5) is 16.0. The third-order valence-electron chi connectivity index (χ3n) is 3.65. The van der Waals surface area contributed by atoms with Crippen molar-refractivity contribution in [3.63, 3.8) is 0 Å². The van der Waals surface area contributed by atoms with E-state index >= 15 is 0 Å². The van der Waals surface area contributed by atoms with Crippen LogP contribution in [0.3, 0.4) is 0 Å². The molecule has 0 bridgehead atoms. The summed E-state index contributed by atoms with van der Waals surface area (Å²) in [5.41, 5.74) is 0.609. The van der Waals surface area contributed by atoms with Crippen LogP contribution in [-0.2, 0) is 6.54 Å².